The molecule has 0 aliphatic rings. The molecular weight excluding hydrogens is 334 g/mol. The van der Waals surface area contributed by atoms with Crippen molar-refractivity contribution in [2.45, 2.75) is 26.9 Å². The van der Waals surface area contributed by atoms with E-state index in [1.807, 2.05) is 24.4 Å². The summed E-state index contributed by atoms with van der Waals surface area (Å²) in [6, 6.07) is 3.65. The molecule has 0 bridgehead atoms. The normalized spacial score (nSPS) is 10.9. The maximum atomic E-state index is 11.9. The van der Waals surface area contributed by atoms with E-state index in [1.165, 1.54) is 4.57 Å². The van der Waals surface area contributed by atoms with Crippen LogP contribution in [-0.2, 0) is 17.9 Å². The van der Waals surface area contributed by atoms with Gasteiger partial charge < -0.3 is 9.73 Å². The Hall–Kier alpha value is -2.19. The first-order chi connectivity index (χ1) is 11.0. The second-order valence-electron chi connectivity index (χ2n) is 5.02. The molecule has 1 N–H and O–H groups in total. The maximum Gasteiger partial charge on any atom is 0.307 e. The first-order valence-corrected chi connectivity index (χ1v) is 8.71. The number of nitrogens with one attached hydrogen (secondary N) is 1. The lowest BCUT2D eigenvalue weighted by Crippen LogP contribution is -2.30. The minimum absolute atomic E-state index is 0.0208. The largest absolute Gasteiger partial charge is 0.458 e. The van der Waals surface area contributed by atoms with Crippen LogP contribution in [0.15, 0.2) is 32.1 Å². The molecule has 0 aliphatic heterocycles. The second kappa shape index (κ2) is 6.51. The molecule has 0 aliphatic carbocycles. The van der Waals surface area contributed by atoms with Crippen LogP contribution in [0.3, 0.4) is 0 Å². The summed E-state index contributed by atoms with van der Waals surface area (Å²) in [6.07, 6.45) is 0. The van der Waals surface area contributed by atoms with Crippen molar-refractivity contribution in [1.82, 2.24) is 14.9 Å². The molecule has 0 atom stereocenters. The van der Waals surface area contributed by atoms with Crippen LogP contribution in [0.5, 0.6) is 0 Å². The smallest absolute Gasteiger partial charge is 0.307 e. The summed E-state index contributed by atoms with van der Waals surface area (Å²) < 4.78 is 7.13. The van der Waals surface area contributed by atoms with Crippen molar-refractivity contribution in [3.05, 3.63) is 49.0 Å². The molecule has 3 rings (SSSR count). The molecule has 3 heterocycles. The Balaban J connectivity index is 1.59. The monoisotopic (exact) mass is 349 g/mol. The molecule has 3 aromatic rings. The molecular formula is C15H15N3O3S2. The van der Waals surface area contributed by atoms with Crippen LogP contribution in [0.25, 0.3) is 11.5 Å². The van der Waals surface area contributed by atoms with Gasteiger partial charge in [0.2, 0.25) is 5.91 Å². The number of thiazole rings is 2. The summed E-state index contributed by atoms with van der Waals surface area (Å²) in [7, 11) is 0. The molecule has 0 saturated carbocycles. The van der Waals surface area contributed by atoms with E-state index in [4.69, 9.17) is 4.42 Å². The molecule has 120 valence electrons. The molecule has 0 saturated heterocycles. The van der Waals surface area contributed by atoms with Crippen molar-refractivity contribution in [2.75, 3.05) is 0 Å². The third-order valence-electron chi connectivity index (χ3n) is 3.27. The Kier molecular flexibility index (Phi) is 4.44. The van der Waals surface area contributed by atoms with Crippen molar-refractivity contribution in [1.29, 1.82) is 0 Å². The highest BCUT2D eigenvalue weighted by Gasteiger charge is 2.11. The highest BCUT2D eigenvalue weighted by molar-refractivity contribution is 7.09. The molecule has 0 aromatic carbocycles. The van der Waals surface area contributed by atoms with Crippen LogP contribution < -0.4 is 10.2 Å². The van der Waals surface area contributed by atoms with E-state index in [9.17, 15) is 9.59 Å². The first-order valence-electron chi connectivity index (χ1n) is 6.96. The van der Waals surface area contributed by atoms with Crippen molar-refractivity contribution in [3.63, 3.8) is 0 Å². The van der Waals surface area contributed by atoms with Gasteiger partial charge in [-0.2, -0.15) is 0 Å². The van der Waals surface area contributed by atoms with Gasteiger partial charge in [0.05, 0.1) is 11.6 Å². The fraction of sp³-hybridized carbons (Fsp3) is 0.267. The van der Waals surface area contributed by atoms with Gasteiger partial charge in [0, 0.05) is 16.5 Å². The second-order valence-corrected chi connectivity index (χ2v) is 6.91. The van der Waals surface area contributed by atoms with Gasteiger partial charge in [-0.25, -0.2) is 4.98 Å². The van der Waals surface area contributed by atoms with Crippen molar-refractivity contribution < 1.29 is 9.21 Å². The lowest BCUT2D eigenvalue weighted by molar-refractivity contribution is -0.122. The Labute approximate surface area is 140 Å². The third kappa shape index (κ3) is 3.59. The van der Waals surface area contributed by atoms with E-state index < -0.39 is 0 Å². The molecule has 0 spiro atoms. The van der Waals surface area contributed by atoms with Crippen LogP contribution in [-0.4, -0.2) is 15.5 Å². The Bertz CT molecular complexity index is 888. The minimum Gasteiger partial charge on any atom is -0.458 e. The molecule has 8 heteroatoms. The molecule has 0 fully saturated rings. The van der Waals surface area contributed by atoms with Gasteiger partial charge in [-0.3, -0.25) is 14.2 Å². The summed E-state index contributed by atoms with van der Waals surface area (Å²) in [4.78, 5) is 27.8. The number of hydrogen-bond donors (Lipinski definition) is 1. The number of hydrogen-bond acceptors (Lipinski definition) is 6. The molecule has 0 radical (unpaired) electrons. The molecule has 1 amide bonds. The lowest BCUT2D eigenvalue weighted by atomic mass is 10.3. The zero-order valence-electron chi connectivity index (χ0n) is 12.7. The summed E-state index contributed by atoms with van der Waals surface area (Å²) >= 11 is 2.65. The van der Waals surface area contributed by atoms with Gasteiger partial charge in [0.15, 0.2) is 5.76 Å². The van der Waals surface area contributed by atoms with E-state index in [0.29, 0.717) is 11.5 Å². The number of furan rings is 1. The van der Waals surface area contributed by atoms with Gasteiger partial charge >= 0.3 is 4.87 Å². The van der Waals surface area contributed by atoms with E-state index in [2.05, 4.69) is 10.3 Å². The standard InChI is InChI=1S/C15H15N3O3S2/c1-9-7-23-15(20)18(9)6-14(19)16-5-11-3-4-13(21-11)12-8-22-10(2)17-12/h3-4,7-8H,5-6H2,1-2H3,(H,16,19). The predicted octanol–water partition coefficient (Wildman–Crippen LogP) is 2.56. The number of carbonyl (C=O) groups is 1. The maximum absolute atomic E-state index is 11.9. The number of amides is 1. The zero-order valence-corrected chi connectivity index (χ0v) is 14.3. The number of carbonyl (C=O) groups excluding carboxylic acids is 1. The van der Waals surface area contributed by atoms with Crippen LogP contribution in [0, 0.1) is 13.8 Å². The average Bonchev–Trinajstić information content (AvgIpc) is 3.22. The summed E-state index contributed by atoms with van der Waals surface area (Å²) in [6.45, 7) is 4.04. The fourth-order valence-corrected chi connectivity index (χ4v) is 3.41. The number of nitrogens with zero attached hydrogens (tertiary/aromatic N) is 2. The Morgan fingerprint density at radius 3 is 2.78 bits per heavy atom. The number of aryl methyl sites for hydroxylation is 2. The van der Waals surface area contributed by atoms with Crippen molar-refractivity contribution >= 4 is 28.6 Å². The lowest BCUT2D eigenvalue weighted by Gasteiger charge is -2.05. The van der Waals surface area contributed by atoms with Crippen molar-refractivity contribution in [2.24, 2.45) is 0 Å². The van der Waals surface area contributed by atoms with Gasteiger partial charge in [0.1, 0.15) is 18.0 Å². The van der Waals surface area contributed by atoms with Crippen LogP contribution in [0.2, 0.25) is 0 Å². The Morgan fingerprint density at radius 1 is 1.30 bits per heavy atom. The summed E-state index contributed by atoms with van der Waals surface area (Å²) in [5.41, 5.74) is 1.58. The average molecular weight is 349 g/mol. The van der Waals surface area contributed by atoms with E-state index in [0.717, 1.165) is 27.7 Å². The number of aromatic nitrogens is 2. The predicted molar refractivity (Wildman–Crippen MR) is 89.7 cm³/mol. The van der Waals surface area contributed by atoms with Gasteiger partial charge in [-0.15, -0.1) is 11.3 Å². The zero-order chi connectivity index (χ0) is 16.4. The summed E-state index contributed by atoms with van der Waals surface area (Å²) in [5.74, 6) is 1.10. The molecule has 23 heavy (non-hydrogen) atoms. The minimum atomic E-state index is -0.226. The molecule has 6 nitrogen and oxygen atoms in total. The number of rotatable bonds is 5. The van der Waals surface area contributed by atoms with E-state index in [1.54, 1.807) is 23.6 Å². The Morgan fingerprint density at radius 2 is 2.13 bits per heavy atom. The summed E-state index contributed by atoms with van der Waals surface area (Å²) in [5, 5.41) is 7.40. The van der Waals surface area contributed by atoms with Gasteiger partial charge in [-0.1, -0.05) is 11.3 Å². The first kappa shape index (κ1) is 15.7. The van der Waals surface area contributed by atoms with Gasteiger partial charge in [-0.05, 0) is 26.0 Å². The topological polar surface area (TPSA) is 77.1 Å². The van der Waals surface area contributed by atoms with Crippen LogP contribution in [0.1, 0.15) is 16.5 Å². The van der Waals surface area contributed by atoms with Crippen molar-refractivity contribution in [3.8, 4) is 11.5 Å². The molecule has 0 unspecified atom stereocenters. The highest BCUT2D eigenvalue weighted by Crippen LogP contribution is 2.23. The van der Waals surface area contributed by atoms with E-state index >= 15 is 0 Å². The van der Waals surface area contributed by atoms with E-state index in [-0.39, 0.29) is 23.9 Å². The highest BCUT2D eigenvalue weighted by atomic mass is 32.1. The third-order valence-corrected chi connectivity index (χ3v) is 4.93. The molecule has 3 aromatic heterocycles. The quantitative estimate of drug-likeness (QED) is 0.768. The van der Waals surface area contributed by atoms with Crippen LogP contribution in [0.4, 0.5) is 0 Å². The van der Waals surface area contributed by atoms with Gasteiger partial charge in [0.25, 0.3) is 0 Å². The SMILES string of the molecule is Cc1nc(-c2ccc(CNC(=O)Cn3c(C)csc3=O)o2)cs1. The fourth-order valence-electron chi connectivity index (χ4n) is 2.07. The van der Waals surface area contributed by atoms with Crippen LogP contribution >= 0.6 is 22.7 Å².